The van der Waals surface area contributed by atoms with Crippen LogP contribution in [0.25, 0.3) is 0 Å². The predicted molar refractivity (Wildman–Crippen MR) is 54.9 cm³/mol. The number of ether oxygens (including phenoxy) is 1. The van der Waals surface area contributed by atoms with Crippen LogP contribution >= 0.6 is 0 Å². The lowest BCUT2D eigenvalue weighted by Crippen LogP contribution is -2.23. The minimum absolute atomic E-state index is 0.0856. The maximum absolute atomic E-state index is 9.18. The third-order valence-electron chi connectivity index (χ3n) is 2.07. The standard InChI is InChI=1S/C8H17NO2.C2H6/c1-11-6-2-4-9-5-3-8(10)7-9;1-2/h8,10H,2-7H2,1H3;1-2H3. The van der Waals surface area contributed by atoms with Crippen molar-refractivity contribution in [3.05, 3.63) is 0 Å². The van der Waals surface area contributed by atoms with Gasteiger partial charge in [0, 0.05) is 33.4 Å². The summed E-state index contributed by atoms with van der Waals surface area (Å²) in [7, 11) is 1.72. The average molecular weight is 189 g/mol. The summed E-state index contributed by atoms with van der Waals surface area (Å²) in [6, 6.07) is 0. The van der Waals surface area contributed by atoms with Crippen LogP contribution in [0.15, 0.2) is 0 Å². The summed E-state index contributed by atoms with van der Waals surface area (Å²) >= 11 is 0. The molecule has 0 bridgehead atoms. The van der Waals surface area contributed by atoms with Crippen molar-refractivity contribution in [3.8, 4) is 0 Å². The number of aliphatic hydroxyl groups is 1. The van der Waals surface area contributed by atoms with Gasteiger partial charge in [0.2, 0.25) is 0 Å². The Morgan fingerprint density at radius 3 is 2.62 bits per heavy atom. The Hall–Kier alpha value is -0.120. The first-order valence-electron chi connectivity index (χ1n) is 5.22. The molecule has 1 aliphatic heterocycles. The Bertz CT molecular complexity index is 109. The molecule has 0 saturated carbocycles. The van der Waals surface area contributed by atoms with E-state index in [0.717, 1.165) is 39.1 Å². The highest BCUT2D eigenvalue weighted by Gasteiger charge is 2.18. The van der Waals surface area contributed by atoms with Crippen molar-refractivity contribution in [2.75, 3.05) is 33.4 Å². The normalized spacial score (nSPS) is 22.6. The van der Waals surface area contributed by atoms with Crippen LogP contribution in [-0.4, -0.2) is 49.5 Å². The lowest BCUT2D eigenvalue weighted by molar-refractivity contribution is 0.159. The van der Waals surface area contributed by atoms with E-state index in [4.69, 9.17) is 4.74 Å². The molecule has 1 atom stereocenters. The second-order valence-electron chi connectivity index (χ2n) is 3.09. The molecular weight excluding hydrogens is 166 g/mol. The first-order chi connectivity index (χ1) is 6.33. The molecule has 0 radical (unpaired) electrons. The van der Waals surface area contributed by atoms with E-state index in [1.807, 2.05) is 13.8 Å². The van der Waals surface area contributed by atoms with Gasteiger partial charge in [0.05, 0.1) is 6.10 Å². The number of rotatable bonds is 4. The van der Waals surface area contributed by atoms with Crippen molar-refractivity contribution in [1.82, 2.24) is 4.90 Å². The first-order valence-corrected chi connectivity index (χ1v) is 5.22. The zero-order chi connectivity index (χ0) is 10.1. The predicted octanol–water partition coefficient (Wildman–Crippen LogP) is 1.12. The number of β-amino-alcohol motifs (C(OH)–C–C–N with tert-alkyl or cyclic N) is 1. The zero-order valence-corrected chi connectivity index (χ0v) is 9.12. The highest BCUT2D eigenvalue weighted by atomic mass is 16.5. The second-order valence-corrected chi connectivity index (χ2v) is 3.09. The highest BCUT2D eigenvalue weighted by molar-refractivity contribution is 4.73. The third-order valence-corrected chi connectivity index (χ3v) is 2.07. The van der Waals surface area contributed by atoms with Crippen LogP contribution in [0.3, 0.4) is 0 Å². The molecule has 3 heteroatoms. The van der Waals surface area contributed by atoms with Crippen molar-refractivity contribution in [3.63, 3.8) is 0 Å². The summed E-state index contributed by atoms with van der Waals surface area (Å²) in [5.74, 6) is 0. The van der Waals surface area contributed by atoms with Crippen LogP contribution in [0.4, 0.5) is 0 Å². The highest BCUT2D eigenvalue weighted by Crippen LogP contribution is 2.08. The smallest absolute Gasteiger partial charge is 0.0679 e. The van der Waals surface area contributed by atoms with E-state index in [9.17, 15) is 5.11 Å². The van der Waals surface area contributed by atoms with Gasteiger partial charge in [-0.15, -0.1) is 0 Å². The molecular formula is C10H23NO2. The lowest BCUT2D eigenvalue weighted by atomic mass is 10.3. The fourth-order valence-electron chi connectivity index (χ4n) is 1.45. The van der Waals surface area contributed by atoms with E-state index < -0.39 is 0 Å². The lowest BCUT2D eigenvalue weighted by Gasteiger charge is -2.13. The number of aliphatic hydroxyl groups excluding tert-OH is 1. The molecule has 80 valence electrons. The van der Waals surface area contributed by atoms with Crippen LogP contribution in [-0.2, 0) is 4.74 Å². The fraction of sp³-hybridized carbons (Fsp3) is 1.00. The molecule has 1 fully saturated rings. The summed E-state index contributed by atoms with van der Waals surface area (Å²) in [5.41, 5.74) is 0. The van der Waals surface area contributed by atoms with Crippen molar-refractivity contribution in [2.45, 2.75) is 32.8 Å². The van der Waals surface area contributed by atoms with Gasteiger partial charge in [-0.1, -0.05) is 13.8 Å². The maximum Gasteiger partial charge on any atom is 0.0679 e. The minimum atomic E-state index is -0.0856. The van der Waals surface area contributed by atoms with Gasteiger partial charge in [0.1, 0.15) is 0 Å². The molecule has 0 amide bonds. The molecule has 1 aliphatic rings. The van der Waals surface area contributed by atoms with E-state index in [1.54, 1.807) is 7.11 Å². The number of nitrogens with zero attached hydrogens (tertiary/aromatic N) is 1. The molecule has 1 rings (SSSR count). The first kappa shape index (κ1) is 12.9. The molecule has 0 aliphatic carbocycles. The number of hydrogen-bond acceptors (Lipinski definition) is 3. The number of methoxy groups -OCH3 is 1. The Morgan fingerprint density at radius 1 is 1.46 bits per heavy atom. The maximum atomic E-state index is 9.18. The summed E-state index contributed by atoms with van der Waals surface area (Å²) in [5, 5.41) is 9.18. The molecule has 1 saturated heterocycles. The van der Waals surface area contributed by atoms with Gasteiger partial charge in [-0.05, 0) is 12.8 Å². The largest absolute Gasteiger partial charge is 0.392 e. The molecule has 1 unspecified atom stereocenters. The second kappa shape index (κ2) is 8.48. The van der Waals surface area contributed by atoms with E-state index in [2.05, 4.69) is 4.90 Å². The van der Waals surface area contributed by atoms with Gasteiger partial charge in [-0.25, -0.2) is 0 Å². The van der Waals surface area contributed by atoms with Gasteiger partial charge in [-0.2, -0.15) is 0 Å². The van der Waals surface area contributed by atoms with Crippen LogP contribution in [0, 0.1) is 0 Å². The molecule has 0 spiro atoms. The molecule has 0 aromatic rings. The summed E-state index contributed by atoms with van der Waals surface area (Å²) in [6.07, 6.45) is 1.92. The summed E-state index contributed by atoms with van der Waals surface area (Å²) < 4.78 is 4.94. The number of hydrogen-bond donors (Lipinski definition) is 1. The van der Waals surface area contributed by atoms with Gasteiger partial charge < -0.3 is 14.7 Å². The van der Waals surface area contributed by atoms with Crippen molar-refractivity contribution >= 4 is 0 Å². The van der Waals surface area contributed by atoms with Crippen LogP contribution in [0.2, 0.25) is 0 Å². The van der Waals surface area contributed by atoms with Crippen molar-refractivity contribution in [1.29, 1.82) is 0 Å². The average Bonchev–Trinajstić information content (AvgIpc) is 2.56. The fourth-order valence-corrected chi connectivity index (χ4v) is 1.45. The molecule has 1 heterocycles. The van der Waals surface area contributed by atoms with Crippen molar-refractivity contribution < 1.29 is 9.84 Å². The van der Waals surface area contributed by atoms with E-state index in [1.165, 1.54) is 0 Å². The van der Waals surface area contributed by atoms with Gasteiger partial charge in [-0.3, -0.25) is 0 Å². The molecule has 13 heavy (non-hydrogen) atoms. The van der Waals surface area contributed by atoms with Gasteiger partial charge in [0.25, 0.3) is 0 Å². The SMILES string of the molecule is CC.COCCCN1CCC(O)C1. The Balaban J connectivity index is 0.000000671. The van der Waals surface area contributed by atoms with Gasteiger partial charge >= 0.3 is 0 Å². The third kappa shape index (κ3) is 6.02. The van der Waals surface area contributed by atoms with Crippen LogP contribution in [0.5, 0.6) is 0 Å². The minimum Gasteiger partial charge on any atom is -0.392 e. The van der Waals surface area contributed by atoms with Crippen LogP contribution < -0.4 is 0 Å². The Kier molecular flexibility index (Phi) is 8.40. The number of likely N-dealkylation sites (tertiary alicyclic amines) is 1. The van der Waals surface area contributed by atoms with Crippen LogP contribution in [0.1, 0.15) is 26.7 Å². The summed E-state index contributed by atoms with van der Waals surface area (Å²) in [6.45, 7) is 7.78. The molecule has 0 aromatic carbocycles. The molecule has 0 aromatic heterocycles. The Morgan fingerprint density at radius 2 is 2.15 bits per heavy atom. The zero-order valence-electron chi connectivity index (χ0n) is 9.12. The van der Waals surface area contributed by atoms with E-state index in [-0.39, 0.29) is 6.10 Å². The quantitative estimate of drug-likeness (QED) is 0.673. The van der Waals surface area contributed by atoms with E-state index >= 15 is 0 Å². The van der Waals surface area contributed by atoms with Gasteiger partial charge in [0.15, 0.2) is 0 Å². The molecule has 1 N–H and O–H groups in total. The topological polar surface area (TPSA) is 32.7 Å². The Labute approximate surface area is 81.7 Å². The summed E-state index contributed by atoms with van der Waals surface area (Å²) in [4.78, 5) is 2.28. The monoisotopic (exact) mass is 189 g/mol. The van der Waals surface area contributed by atoms with Crippen molar-refractivity contribution in [2.24, 2.45) is 0 Å². The van der Waals surface area contributed by atoms with E-state index in [0.29, 0.717) is 0 Å². The molecule has 3 nitrogen and oxygen atoms in total.